The van der Waals surface area contributed by atoms with Gasteiger partial charge in [-0.3, -0.25) is 4.79 Å². The zero-order chi connectivity index (χ0) is 10.4. The fraction of sp³-hybridized carbons (Fsp3) is 0.455. The molecule has 0 aromatic carbocycles. The van der Waals surface area contributed by atoms with E-state index in [0.717, 1.165) is 24.9 Å². The van der Waals surface area contributed by atoms with Crippen molar-refractivity contribution in [3.8, 4) is 5.75 Å². The number of rotatable bonds is 5. The molecule has 1 heterocycles. The van der Waals surface area contributed by atoms with E-state index in [9.17, 15) is 4.79 Å². The van der Waals surface area contributed by atoms with Crippen LogP contribution in [0.15, 0.2) is 18.3 Å². The monoisotopic (exact) mass is 193 g/mol. The predicted molar refractivity (Wildman–Crippen MR) is 54.6 cm³/mol. The first kappa shape index (κ1) is 10.7. The molecule has 0 aliphatic heterocycles. The average molecular weight is 193 g/mol. The molecule has 0 spiro atoms. The van der Waals surface area contributed by atoms with Crippen LogP contribution < -0.4 is 4.74 Å². The van der Waals surface area contributed by atoms with Crippen molar-refractivity contribution in [1.82, 2.24) is 4.98 Å². The number of carbonyl (C=O) groups is 1. The minimum absolute atomic E-state index is 0.235. The maximum atomic E-state index is 10.3. The molecule has 0 aliphatic carbocycles. The summed E-state index contributed by atoms with van der Waals surface area (Å²) in [5.74, 6) is 0.726. The Morgan fingerprint density at radius 3 is 2.57 bits per heavy atom. The quantitative estimate of drug-likeness (QED) is 0.674. The lowest BCUT2D eigenvalue weighted by molar-refractivity contribution is 0.111. The first-order valence-corrected chi connectivity index (χ1v) is 4.88. The number of hydrogen-bond acceptors (Lipinski definition) is 3. The second kappa shape index (κ2) is 5.37. The van der Waals surface area contributed by atoms with Crippen LogP contribution in [0.25, 0.3) is 0 Å². The molecule has 1 rings (SSSR count). The molecule has 1 aromatic rings. The number of aromatic nitrogens is 1. The molecule has 0 amide bonds. The largest absolute Gasteiger partial charge is 0.489 e. The van der Waals surface area contributed by atoms with Crippen LogP contribution in [-0.4, -0.2) is 17.4 Å². The van der Waals surface area contributed by atoms with Gasteiger partial charge in [-0.25, -0.2) is 4.98 Å². The molecule has 0 N–H and O–H groups in total. The Bertz CT molecular complexity index is 278. The molecule has 3 nitrogen and oxygen atoms in total. The van der Waals surface area contributed by atoms with Crippen LogP contribution in [0, 0.1) is 0 Å². The summed E-state index contributed by atoms with van der Waals surface area (Å²) in [4.78, 5) is 14.3. The van der Waals surface area contributed by atoms with Gasteiger partial charge >= 0.3 is 0 Å². The molecule has 3 heteroatoms. The first-order valence-electron chi connectivity index (χ1n) is 4.88. The van der Waals surface area contributed by atoms with E-state index in [2.05, 4.69) is 18.8 Å². The van der Waals surface area contributed by atoms with Crippen LogP contribution in [0.2, 0.25) is 0 Å². The van der Waals surface area contributed by atoms with Crippen molar-refractivity contribution < 1.29 is 9.53 Å². The highest BCUT2D eigenvalue weighted by Crippen LogP contribution is 2.13. The SMILES string of the molecule is CCC(CC)Oc1ccc(C=O)nc1. The van der Waals surface area contributed by atoms with Gasteiger partial charge in [-0.05, 0) is 25.0 Å². The highest BCUT2D eigenvalue weighted by atomic mass is 16.5. The summed E-state index contributed by atoms with van der Waals surface area (Å²) < 4.78 is 5.63. The molecular weight excluding hydrogens is 178 g/mol. The Morgan fingerprint density at radius 1 is 1.43 bits per heavy atom. The van der Waals surface area contributed by atoms with Crippen LogP contribution in [0.3, 0.4) is 0 Å². The number of nitrogens with zero attached hydrogens (tertiary/aromatic N) is 1. The van der Waals surface area contributed by atoms with Gasteiger partial charge in [-0.2, -0.15) is 0 Å². The number of carbonyl (C=O) groups excluding carboxylic acids is 1. The van der Waals surface area contributed by atoms with Gasteiger partial charge < -0.3 is 4.74 Å². The normalized spacial score (nSPS) is 10.2. The third kappa shape index (κ3) is 2.83. The lowest BCUT2D eigenvalue weighted by Gasteiger charge is -2.14. The van der Waals surface area contributed by atoms with Crippen LogP contribution in [-0.2, 0) is 0 Å². The number of aldehydes is 1. The minimum atomic E-state index is 0.235. The van der Waals surface area contributed by atoms with Gasteiger partial charge in [0.1, 0.15) is 11.4 Å². The van der Waals surface area contributed by atoms with Crippen LogP contribution in [0.4, 0.5) is 0 Å². The first-order chi connectivity index (χ1) is 6.80. The molecule has 0 aliphatic rings. The van der Waals surface area contributed by atoms with E-state index in [-0.39, 0.29) is 6.10 Å². The molecule has 14 heavy (non-hydrogen) atoms. The topological polar surface area (TPSA) is 39.2 Å². The maximum absolute atomic E-state index is 10.3. The Labute approximate surface area is 84.1 Å². The van der Waals surface area contributed by atoms with Crippen molar-refractivity contribution in [3.05, 3.63) is 24.0 Å². The Morgan fingerprint density at radius 2 is 2.14 bits per heavy atom. The third-order valence-corrected chi connectivity index (χ3v) is 2.09. The van der Waals surface area contributed by atoms with Crippen LogP contribution in [0.1, 0.15) is 37.2 Å². The number of pyridine rings is 1. The summed E-state index contributed by atoms with van der Waals surface area (Å²) in [5.41, 5.74) is 0.432. The fourth-order valence-electron chi connectivity index (χ4n) is 1.18. The van der Waals surface area contributed by atoms with Crippen molar-refractivity contribution >= 4 is 6.29 Å². The second-order valence-corrected chi connectivity index (χ2v) is 3.09. The smallest absolute Gasteiger partial charge is 0.168 e. The molecule has 0 fully saturated rings. The standard InChI is InChI=1S/C11H15NO2/c1-3-10(4-2)14-11-6-5-9(8-13)12-7-11/h5-8,10H,3-4H2,1-2H3. The zero-order valence-corrected chi connectivity index (χ0v) is 8.56. The van der Waals surface area contributed by atoms with Gasteiger partial charge in [-0.15, -0.1) is 0 Å². The molecule has 76 valence electrons. The summed E-state index contributed by atoms with van der Waals surface area (Å²) in [6.45, 7) is 4.17. The summed E-state index contributed by atoms with van der Waals surface area (Å²) in [5, 5.41) is 0. The second-order valence-electron chi connectivity index (χ2n) is 3.09. The van der Waals surface area contributed by atoms with E-state index >= 15 is 0 Å². The molecule has 0 radical (unpaired) electrons. The van der Waals surface area contributed by atoms with Crippen LogP contribution in [0.5, 0.6) is 5.75 Å². The van der Waals surface area contributed by atoms with Crippen molar-refractivity contribution in [3.63, 3.8) is 0 Å². The van der Waals surface area contributed by atoms with Crippen molar-refractivity contribution in [2.24, 2.45) is 0 Å². The summed E-state index contributed by atoms with van der Waals surface area (Å²) in [6, 6.07) is 3.43. The van der Waals surface area contributed by atoms with Gasteiger partial charge in [0.05, 0.1) is 12.3 Å². The van der Waals surface area contributed by atoms with Gasteiger partial charge in [0, 0.05) is 0 Å². The maximum Gasteiger partial charge on any atom is 0.168 e. The highest BCUT2D eigenvalue weighted by molar-refractivity contribution is 5.71. The van der Waals surface area contributed by atoms with E-state index in [4.69, 9.17) is 4.74 Å². The van der Waals surface area contributed by atoms with Crippen molar-refractivity contribution in [2.75, 3.05) is 0 Å². The van der Waals surface area contributed by atoms with Gasteiger partial charge in [0.15, 0.2) is 6.29 Å². The molecule has 0 saturated heterocycles. The van der Waals surface area contributed by atoms with Crippen molar-refractivity contribution in [2.45, 2.75) is 32.8 Å². The zero-order valence-electron chi connectivity index (χ0n) is 8.56. The van der Waals surface area contributed by atoms with E-state index in [1.54, 1.807) is 18.3 Å². The predicted octanol–water partition coefficient (Wildman–Crippen LogP) is 2.46. The van der Waals surface area contributed by atoms with Gasteiger partial charge in [-0.1, -0.05) is 13.8 Å². The lowest BCUT2D eigenvalue weighted by atomic mass is 10.2. The van der Waals surface area contributed by atoms with E-state index in [1.165, 1.54) is 0 Å². The summed E-state index contributed by atoms with van der Waals surface area (Å²) in [6.07, 6.45) is 4.50. The number of hydrogen-bond donors (Lipinski definition) is 0. The summed E-state index contributed by atoms with van der Waals surface area (Å²) >= 11 is 0. The van der Waals surface area contributed by atoms with Gasteiger partial charge in [0.2, 0.25) is 0 Å². The molecule has 0 bridgehead atoms. The molecule has 0 saturated carbocycles. The molecule has 1 aromatic heterocycles. The lowest BCUT2D eigenvalue weighted by Crippen LogP contribution is -2.13. The molecule has 0 unspecified atom stereocenters. The minimum Gasteiger partial charge on any atom is -0.489 e. The van der Waals surface area contributed by atoms with E-state index < -0.39 is 0 Å². The van der Waals surface area contributed by atoms with E-state index in [1.807, 2.05) is 0 Å². The number of ether oxygens (including phenoxy) is 1. The van der Waals surface area contributed by atoms with Crippen LogP contribution >= 0.6 is 0 Å². The Hall–Kier alpha value is -1.38. The van der Waals surface area contributed by atoms with Gasteiger partial charge in [0.25, 0.3) is 0 Å². The van der Waals surface area contributed by atoms with E-state index in [0.29, 0.717) is 5.69 Å². The summed E-state index contributed by atoms with van der Waals surface area (Å²) in [7, 11) is 0. The average Bonchev–Trinajstić information content (AvgIpc) is 2.26. The fourth-order valence-corrected chi connectivity index (χ4v) is 1.18. The molecule has 0 atom stereocenters. The van der Waals surface area contributed by atoms with Crippen molar-refractivity contribution in [1.29, 1.82) is 0 Å². The highest BCUT2D eigenvalue weighted by Gasteiger charge is 2.04. The third-order valence-electron chi connectivity index (χ3n) is 2.09. The molecular formula is C11H15NO2. The Balaban J connectivity index is 2.63. The Kier molecular flexibility index (Phi) is 4.11.